The Bertz CT molecular complexity index is 1370. The first-order valence-corrected chi connectivity index (χ1v) is 17.2. The van der Waals surface area contributed by atoms with Crippen LogP contribution in [-0.2, 0) is 23.7 Å². The number of carbonyl (C=O) groups excluding carboxylic acids is 1. The van der Waals surface area contributed by atoms with Gasteiger partial charge in [-0.2, -0.15) is 0 Å². The summed E-state index contributed by atoms with van der Waals surface area (Å²) in [5.41, 5.74) is -1.19. The summed E-state index contributed by atoms with van der Waals surface area (Å²) >= 11 is 0. The zero-order chi connectivity index (χ0) is 35.9. The molecule has 2 saturated carbocycles. The van der Waals surface area contributed by atoms with Gasteiger partial charge in [0.2, 0.25) is 5.75 Å². The predicted octanol–water partition coefficient (Wildman–Crippen LogP) is 3.50. The number of ether oxygens (including phenoxy) is 6. The summed E-state index contributed by atoms with van der Waals surface area (Å²) in [5, 5.41) is 51.5. The van der Waals surface area contributed by atoms with Gasteiger partial charge >= 0.3 is 5.97 Å². The Morgan fingerprint density at radius 3 is 2.22 bits per heavy atom. The molecule has 5 N–H and O–H groups in total. The molecule has 274 valence electrons. The summed E-state index contributed by atoms with van der Waals surface area (Å²) in [4.78, 5) is 13.4. The van der Waals surface area contributed by atoms with Crippen LogP contribution in [0.15, 0.2) is 30.9 Å². The topological polar surface area (TPSA) is 174 Å². The molecule has 0 bridgehead atoms. The Kier molecular flexibility index (Phi) is 10.8. The summed E-state index contributed by atoms with van der Waals surface area (Å²) in [7, 11) is 2.84. The lowest BCUT2D eigenvalue weighted by atomic mass is 9.43. The van der Waals surface area contributed by atoms with Crippen molar-refractivity contribution in [1.29, 1.82) is 0 Å². The molecule has 4 aliphatic rings. The van der Waals surface area contributed by atoms with Crippen LogP contribution < -0.4 is 9.47 Å². The SMILES string of the molecule is C=C[C@@]1(C)CC[C@@H]2[C@@]3(C)CC[C@@H](OC(=O)/C=C/c4cc(OC)c(O)c(OC)c4)[C@@](C)(CO[C@@H]4O[C@H](CO)[C@@H](O)[C@H](O)[C@H]4O)[C@@H]3CC[C@@]2(C)O1. The summed E-state index contributed by atoms with van der Waals surface area (Å²) in [6.07, 6.45) is 1.79. The van der Waals surface area contributed by atoms with E-state index in [2.05, 4.69) is 27.4 Å². The van der Waals surface area contributed by atoms with Crippen LogP contribution in [0, 0.1) is 22.7 Å². The van der Waals surface area contributed by atoms with Gasteiger partial charge in [-0.05, 0) is 93.4 Å². The second-order valence-corrected chi connectivity index (χ2v) is 15.2. The Morgan fingerprint density at radius 2 is 1.61 bits per heavy atom. The molecular weight excluding hydrogens is 636 g/mol. The second-order valence-electron chi connectivity index (χ2n) is 15.2. The Morgan fingerprint density at radius 1 is 0.959 bits per heavy atom. The molecule has 0 spiro atoms. The number of esters is 1. The van der Waals surface area contributed by atoms with Gasteiger partial charge in [-0.15, -0.1) is 6.58 Å². The van der Waals surface area contributed by atoms with Crippen LogP contribution in [-0.4, -0.2) is 107 Å². The van der Waals surface area contributed by atoms with E-state index in [1.165, 1.54) is 20.3 Å². The largest absolute Gasteiger partial charge is 0.502 e. The molecule has 2 aliphatic heterocycles. The third kappa shape index (κ3) is 6.85. The molecule has 0 radical (unpaired) electrons. The van der Waals surface area contributed by atoms with Crippen LogP contribution in [0.25, 0.3) is 6.08 Å². The van der Waals surface area contributed by atoms with Crippen LogP contribution in [0.5, 0.6) is 17.2 Å². The smallest absolute Gasteiger partial charge is 0.331 e. The first kappa shape index (κ1) is 37.5. The fourth-order valence-corrected chi connectivity index (χ4v) is 9.43. The minimum absolute atomic E-state index is 0.0125. The average molecular weight is 691 g/mol. The molecule has 1 aromatic carbocycles. The minimum Gasteiger partial charge on any atom is -0.502 e. The van der Waals surface area contributed by atoms with Gasteiger partial charge < -0.3 is 54.0 Å². The van der Waals surface area contributed by atoms with E-state index in [0.717, 1.165) is 32.1 Å². The quantitative estimate of drug-likeness (QED) is 0.138. The maximum absolute atomic E-state index is 13.4. The molecule has 49 heavy (non-hydrogen) atoms. The summed E-state index contributed by atoms with van der Waals surface area (Å²) in [6.45, 7) is 12.1. The highest BCUT2D eigenvalue weighted by Gasteiger charge is 2.65. The molecule has 1 aromatic rings. The van der Waals surface area contributed by atoms with E-state index in [0.29, 0.717) is 12.0 Å². The highest BCUT2D eigenvalue weighted by atomic mass is 16.7. The Labute approximate surface area is 288 Å². The third-order valence-corrected chi connectivity index (χ3v) is 12.1. The van der Waals surface area contributed by atoms with Crippen molar-refractivity contribution in [3.8, 4) is 17.2 Å². The second kappa shape index (κ2) is 14.1. The van der Waals surface area contributed by atoms with Crippen LogP contribution in [0.3, 0.4) is 0 Å². The van der Waals surface area contributed by atoms with E-state index < -0.39 is 60.4 Å². The number of phenolic OH excluding ortho intramolecular Hbond substituents is 1. The Hall–Kier alpha value is -2.71. The number of aromatic hydroxyl groups is 1. The number of aliphatic hydroxyl groups excluding tert-OH is 4. The highest BCUT2D eigenvalue weighted by Crippen LogP contribution is 2.66. The standard InChI is InChI=1S/C37H54O12/c1-8-34(2)14-11-26-35(3)15-13-27(48-28(39)10-9-21-17-22(44-6)29(40)23(18-21)45-7)36(4,25(35)12-16-37(26,5)49-34)20-46-33-32(43)31(42)30(41)24(19-38)47-33/h8-10,17-18,24-27,30-33,38,40-43H,1,11-16,19-20H2,2-7H3/b10-9+/t24-,25-,26-,27-,30-,31+,32-,33-,34+,35+,36+,37-/m1/s1. The molecule has 2 saturated heterocycles. The van der Waals surface area contributed by atoms with Crippen LogP contribution in [0.2, 0.25) is 0 Å². The lowest BCUT2D eigenvalue weighted by molar-refractivity contribution is -0.318. The van der Waals surface area contributed by atoms with Gasteiger partial charge in [-0.3, -0.25) is 0 Å². The number of hydrogen-bond donors (Lipinski definition) is 5. The average Bonchev–Trinajstić information content (AvgIpc) is 3.07. The molecule has 12 atom stereocenters. The van der Waals surface area contributed by atoms with Crippen molar-refractivity contribution < 1.29 is 58.7 Å². The number of hydrogen-bond acceptors (Lipinski definition) is 12. The number of benzene rings is 1. The van der Waals surface area contributed by atoms with E-state index in [-0.39, 0.29) is 46.7 Å². The van der Waals surface area contributed by atoms with Gasteiger partial charge in [0.05, 0.1) is 38.6 Å². The molecule has 2 aliphatic carbocycles. The molecule has 0 aromatic heterocycles. The highest BCUT2D eigenvalue weighted by molar-refractivity contribution is 5.87. The van der Waals surface area contributed by atoms with Crippen molar-refractivity contribution in [2.45, 2.75) is 114 Å². The molecule has 0 amide bonds. The van der Waals surface area contributed by atoms with Crippen molar-refractivity contribution in [3.63, 3.8) is 0 Å². The minimum atomic E-state index is -1.58. The number of phenols is 1. The predicted molar refractivity (Wildman–Crippen MR) is 179 cm³/mol. The molecule has 0 unspecified atom stereocenters. The van der Waals surface area contributed by atoms with Gasteiger partial charge in [0.1, 0.15) is 30.5 Å². The zero-order valence-corrected chi connectivity index (χ0v) is 29.5. The van der Waals surface area contributed by atoms with Crippen molar-refractivity contribution >= 4 is 12.0 Å². The number of carbonyl (C=O) groups is 1. The summed E-state index contributed by atoms with van der Waals surface area (Å²) < 4.78 is 35.4. The van der Waals surface area contributed by atoms with E-state index >= 15 is 0 Å². The van der Waals surface area contributed by atoms with Crippen LogP contribution >= 0.6 is 0 Å². The van der Waals surface area contributed by atoms with E-state index in [4.69, 9.17) is 28.4 Å². The third-order valence-electron chi connectivity index (χ3n) is 12.1. The molecule has 4 fully saturated rings. The lowest BCUT2D eigenvalue weighted by Gasteiger charge is -2.66. The molecular formula is C37H54O12. The van der Waals surface area contributed by atoms with E-state index in [9.17, 15) is 30.3 Å². The number of rotatable bonds is 10. The van der Waals surface area contributed by atoms with Crippen molar-refractivity contribution in [2.75, 3.05) is 27.4 Å². The molecule has 12 heteroatoms. The molecule has 12 nitrogen and oxygen atoms in total. The first-order chi connectivity index (χ1) is 23.1. The fourth-order valence-electron chi connectivity index (χ4n) is 9.43. The van der Waals surface area contributed by atoms with Gasteiger partial charge in [-0.25, -0.2) is 4.79 Å². The van der Waals surface area contributed by atoms with Gasteiger partial charge in [0.25, 0.3) is 0 Å². The van der Waals surface area contributed by atoms with Gasteiger partial charge in [0, 0.05) is 11.5 Å². The zero-order valence-electron chi connectivity index (χ0n) is 29.5. The van der Waals surface area contributed by atoms with E-state index in [1.807, 2.05) is 13.0 Å². The monoisotopic (exact) mass is 690 g/mol. The normalized spacial score (nSPS) is 42.2. The first-order valence-electron chi connectivity index (χ1n) is 17.2. The molecule has 5 rings (SSSR count). The summed E-state index contributed by atoms with van der Waals surface area (Å²) in [6, 6.07) is 3.16. The maximum atomic E-state index is 13.4. The Balaban J connectivity index is 1.42. The molecule has 2 heterocycles. The fraction of sp³-hybridized carbons (Fsp3) is 0.703. The van der Waals surface area contributed by atoms with Crippen molar-refractivity contribution in [3.05, 3.63) is 36.4 Å². The summed E-state index contributed by atoms with van der Waals surface area (Å²) in [5.74, 6) is -0.0917. The van der Waals surface area contributed by atoms with Crippen LogP contribution in [0.4, 0.5) is 0 Å². The van der Waals surface area contributed by atoms with Crippen molar-refractivity contribution in [2.24, 2.45) is 22.7 Å². The number of aliphatic hydroxyl groups is 4. The van der Waals surface area contributed by atoms with E-state index in [1.54, 1.807) is 18.2 Å². The van der Waals surface area contributed by atoms with Crippen molar-refractivity contribution in [1.82, 2.24) is 0 Å². The van der Waals surface area contributed by atoms with Gasteiger partial charge in [0.15, 0.2) is 17.8 Å². The van der Waals surface area contributed by atoms with Crippen LogP contribution in [0.1, 0.15) is 71.8 Å². The van der Waals surface area contributed by atoms with Gasteiger partial charge in [-0.1, -0.05) is 19.9 Å². The lowest BCUT2D eigenvalue weighted by Crippen LogP contribution is -2.66. The number of methoxy groups -OCH3 is 2. The number of fused-ring (bicyclic) bond motifs is 3. The maximum Gasteiger partial charge on any atom is 0.331 e.